The first-order chi connectivity index (χ1) is 13.3. The first-order valence-electron chi connectivity index (χ1n) is 10.1. The summed E-state index contributed by atoms with van der Waals surface area (Å²) < 4.78 is 7.28. The van der Waals surface area contributed by atoms with Crippen LogP contribution in [0.2, 0.25) is 0 Å². The van der Waals surface area contributed by atoms with Gasteiger partial charge in [-0.15, -0.1) is 10.2 Å². The Morgan fingerprint density at radius 1 is 1.00 bits per heavy atom. The minimum Gasteiger partial charge on any atom is -0.381 e. The van der Waals surface area contributed by atoms with Gasteiger partial charge in [0, 0.05) is 44.2 Å². The maximum absolute atomic E-state index is 12.5. The Balaban J connectivity index is 1.23. The third kappa shape index (κ3) is 3.50. The van der Waals surface area contributed by atoms with Crippen molar-refractivity contribution in [2.45, 2.75) is 56.4 Å². The molecule has 1 saturated carbocycles. The quantitative estimate of drug-likeness (QED) is 0.894. The van der Waals surface area contributed by atoms with Gasteiger partial charge in [0.15, 0.2) is 11.5 Å². The molecule has 1 aliphatic carbocycles. The van der Waals surface area contributed by atoms with Gasteiger partial charge in [0.1, 0.15) is 0 Å². The summed E-state index contributed by atoms with van der Waals surface area (Å²) in [5.74, 6) is 1.85. The number of nitrogens with one attached hydrogen (secondary N) is 1. The molecule has 1 N–H and O–H groups in total. The minimum atomic E-state index is 0.0561. The Morgan fingerprint density at radius 3 is 2.52 bits per heavy atom. The Labute approximate surface area is 158 Å². The van der Waals surface area contributed by atoms with Crippen molar-refractivity contribution in [3.8, 4) is 0 Å². The van der Waals surface area contributed by atoms with Crippen LogP contribution in [0, 0.1) is 0 Å². The number of rotatable bonds is 3. The number of nitrogens with zero attached hydrogens (tertiary/aromatic N) is 5. The number of hydrogen-bond acceptors (Lipinski definition) is 5. The molecule has 0 aromatic carbocycles. The Morgan fingerprint density at radius 2 is 1.78 bits per heavy atom. The van der Waals surface area contributed by atoms with E-state index in [1.807, 2.05) is 15.5 Å². The minimum absolute atomic E-state index is 0.0561. The van der Waals surface area contributed by atoms with Crippen molar-refractivity contribution in [2.75, 3.05) is 26.3 Å². The average Bonchev–Trinajstić information content (AvgIpc) is 3.48. The van der Waals surface area contributed by atoms with Crippen molar-refractivity contribution in [1.82, 2.24) is 30.0 Å². The highest BCUT2D eigenvalue weighted by molar-refractivity contribution is 5.74. The summed E-state index contributed by atoms with van der Waals surface area (Å²) in [4.78, 5) is 14.5. The summed E-state index contributed by atoms with van der Waals surface area (Å²) >= 11 is 0. The summed E-state index contributed by atoms with van der Waals surface area (Å²) in [6.45, 7) is 2.97. The van der Waals surface area contributed by atoms with Gasteiger partial charge in [-0.25, -0.2) is 4.79 Å². The van der Waals surface area contributed by atoms with Crippen LogP contribution in [0.1, 0.15) is 61.9 Å². The number of amides is 2. The van der Waals surface area contributed by atoms with Gasteiger partial charge in [0.2, 0.25) is 0 Å². The lowest BCUT2D eigenvalue weighted by Crippen LogP contribution is -2.49. The van der Waals surface area contributed by atoms with E-state index < -0.39 is 0 Å². The van der Waals surface area contributed by atoms with Crippen LogP contribution in [0.4, 0.5) is 4.79 Å². The predicted molar refractivity (Wildman–Crippen MR) is 98.7 cm³/mol. The van der Waals surface area contributed by atoms with Crippen LogP contribution in [0.25, 0.3) is 5.65 Å². The molecule has 8 heteroatoms. The van der Waals surface area contributed by atoms with E-state index in [0.717, 1.165) is 69.2 Å². The van der Waals surface area contributed by atoms with Gasteiger partial charge < -0.3 is 15.0 Å². The normalized spacial score (nSPS) is 22.3. The standard InChI is InChI=1S/C19H26N6O2/c26-19(20-15-7-11-27-12-8-15)24-9-5-14(6-10-24)18-22-21-17-4-3-16(13-1-2-13)23-25(17)18/h3-4,13-15H,1-2,5-12H2,(H,20,26). The van der Waals surface area contributed by atoms with E-state index in [2.05, 4.69) is 21.6 Å². The van der Waals surface area contributed by atoms with Gasteiger partial charge in [-0.05, 0) is 50.7 Å². The molecule has 0 bridgehead atoms. The summed E-state index contributed by atoms with van der Waals surface area (Å²) in [6, 6.07) is 4.40. The van der Waals surface area contributed by atoms with Crippen LogP contribution >= 0.6 is 0 Å². The number of hydrogen-bond donors (Lipinski definition) is 1. The zero-order valence-electron chi connectivity index (χ0n) is 15.5. The summed E-state index contributed by atoms with van der Waals surface area (Å²) in [5, 5.41) is 16.7. The fourth-order valence-corrected chi connectivity index (χ4v) is 4.12. The van der Waals surface area contributed by atoms with Crippen molar-refractivity contribution >= 4 is 11.7 Å². The number of carbonyl (C=O) groups is 1. The molecule has 0 unspecified atom stereocenters. The molecule has 4 heterocycles. The van der Waals surface area contributed by atoms with Crippen LogP contribution in [0.15, 0.2) is 12.1 Å². The van der Waals surface area contributed by atoms with Gasteiger partial charge >= 0.3 is 6.03 Å². The van der Waals surface area contributed by atoms with Gasteiger partial charge in [-0.3, -0.25) is 0 Å². The highest BCUT2D eigenvalue weighted by atomic mass is 16.5. The summed E-state index contributed by atoms with van der Waals surface area (Å²) in [6.07, 6.45) is 6.08. The second kappa shape index (κ2) is 7.07. The number of piperidine rings is 1. The monoisotopic (exact) mass is 370 g/mol. The molecule has 0 atom stereocenters. The molecule has 2 saturated heterocycles. The molecule has 3 fully saturated rings. The van der Waals surface area contributed by atoms with Crippen LogP contribution in [-0.4, -0.2) is 63.1 Å². The van der Waals surface area contributed by atoms with Crippen LogP contribution in [0.3, 0.4) is 0 Å². The molecule has 2 aliphatic heterocycles. The molecule has 3 aliphatic rings. The lowest BCUT2D eigenvalue weighted by molar-refractivity contribution is 0.0774. The fraction of sp³-hybridized carbons (Fsp3) is 0.684. The average molecular weight is 370 g/mol. The molecule has 0 radical (unpaired) electrons. The van der Waals surface area contributed by atoms with Crippen molar-refractivity contribution < 1.29 is 9.53 Å². The summed E-state index contributed by atoms with van der Waals surface area (Å²) in [7, 11) is 0. The van der Waals surface area contributed by atoms with E-state index in [-0.39, 0.29) is 12.1 Å². The van der Waals surface area contributed by atoms with E-state index in [4.69, 9.17) is 9.84 Å². The first kappa shape index (κ1) is 16.9. The molecular formula is C19H26N6O2. The fourth-order valence-electron chi connectivity index (χ4n) is 4.12. The lowest BCUT2D eigenvalue weighted by Gasteiger charge is -2.33. The Kier molecular flexibility index (Phi) is 4.43. The second-order valence-electron chi connectivity index (χ2n) is 7.96. The molecule has 5 rings (SSSR count). The van der Waals surface area contributed by atoms with Crippen LogP contribution in [-0.2, 0) is 4.74 Å². The third-order valence-electron chi connectivity index (χ3n) is 6.00. The van der Waals surface area contributed by atoms with Gasteiger partial charge in [0.25, 0.3) is 0 Å². The molecular weight excluding hydrogens is 344 g/mol. The van der Waals surface area contributed by atoms with E-state index in [1.54, 1.807) is 0 Å². The van der Waals surface area contributed by atoms with E-state index in [1.165, 1.54) is 12.8 Å². The Hall–Kier alpha value is -2.22. The molecule has 0 spiro atoms. The topological polar surface area (TPSA) is 84.6 Å². The molecule has 2 amide bonds. The number of carbonyl (C=O) groups excluding carboxylic acids is 1. The van der Waals surface area contributed by atoms with Crippen molar-refractivity contribution in [2.24, 2.45) is 0 Å². The van der Waals surface area contributed by atoms with Gasteiger partial charge in [-0.1, -0.05) is 0 Å². The summed E-state index contributed by atoms with van der Waals surface area (Å²) in [5.41, 5.74) is 1.96. The maximum Gasteiger partial charge on any atom is 0.317 e. The number of ether oxygens (including phenoxy) is 1. The van der Waals surface area contributed by atoms with Crippen molar-refractivity contribution in [3.63, 3.8) is 0 Å². The van der Waals surface area contributed by atoms with Crippen molar-refractivity contribution in [3.05, 3.63) is 23.7 Å². The third-order valence-corrected chi connectivity index (χ3v) is 6.00. The number of fused-ring (bicyclic) bond motifs is 1. The zero-order chi connectivity index (χ0) is 18.2. The maximum atomic E-state index is 12.5. The molecule has 144 valence electrons. The number of likely N-dealkylation sites (tertiary alicyclic amines) is 1. The van der Waals surface area contributed by atoms with E-state index in [0.29, 0.717) is 11.8 Å². The van der Waals surface area contributed by atoms with Crippen LogP contribution in [0.5, 0.6) is 0 Å². The molecule has 2 aromatic rings. The number of urea groups is 1. The first-order valence-corrected chi connectivity index (χ1v) is 10.1. The largest absolute Gasteiger partial charge is 0.381 e. The van der Waals surface area contributed by atoms with Crippen LogP contribution < -0.4 is 5.32 Å². The van der Waals surface area contributed by atoms with Crippen molar-refractivity contribution in [1.29, 1.82) is 0 Å². The predicted octanol–water partition coefficient (Wildman–Crippen LogP) is 2.07. The smallest absolute Gasteiger partial charge is 0.317 e. The highest BCUT2D eigenvalue weighted by Crippen LogP contribution is 2.39. The van der Waals surface area contributed by atoms with Gasteiger partial charge in [-0.2, -0.15) is 9.61 Å². The molecule has 8 nitrogen and oxygen atoms in total. The Bertz CT molecular complexity index is 819. The van der Waals surface area contributed by atoms with Gasteiger partial charge in [0.05, 0.1) is 5.69 Å². The lowest BCUT2D eigenvalue weighted by atomic mass is 9.96. The van der Waals surface area contributed by atoms with E-state index in [9.17, 15) is 4.79 Å². The highest BCUT2D eigenvalue weighted by Gasteiger charge is 2.30. The molecule has 2 aromatic heterocycles. The molecule has 27 heavy (non-hydrogen) atoms. The van der Waals surface area contributed by atoms with E-state index >= 15 is 0 Å². The number of aromatic nitrogens is 4. The SMILES string of the molecule is O=C(NC1CCOCC1)N1CCC(c2nnc3ccc(C4CC4)nn23)CC1. The second-order valence-corrected chi connectivity index (χ2v) is 7.96. The zero-order valence-corrected chi connectivity index (χ0v) is 15.5.